The fourth-order valence-corrected chi connectivity index (χ4v) is 5.07. The molecular formula is C21H23ClFN3O4S. The predicted octanol–water partition coefficient (Wildman–Crippen LogP) is 3.36. The Kier molecular flexibility index (Phi) is 7.17. The van der Waals surface area contributed by atoms with Gasteiger partial charge in [-0.1, -0.05) is 31.0 Å². The van der Waals surface area contributed by atoms with E-state index in [1.165, 1.54) is 6.07 Å². The van der Waals surface area contributed by atoms with E-state index in [-0.39, 0.29) is 16.5 Å². The number of nitrogens with one attached hydrogen (secondary N) is 3. The molecule has 2 aromatic rings. The minimum absolute atomic E-state index is 0.0136. The van der Waals surface area contributed by atoms with Crippen LogP contribution in [0, 0.1) is 5.82 Å². The third-order valence-corrected chi connectivity index (χ3v) is 6.76. The molecule has 7 nitrogen and oxygen atoms in total. The maximum atomic E-state index is 13.2. The van der Waals surface area contributed by atoms with E-state index < -0.39 is 39.1 Å². The van der Waals surface area contributed by atoms with Gasteiger partial charge in [-0.3, -0.25) is 9.59 Å². The van der Waals surface area contributed by atoms with E-state index in [1.807, 2.05) is 6.92 Å². The molecule has 31 heavy (non-hydrogen) atoms. The van der Waals surface area contributed by atoms with Crippen molar-refractivity contribution in [3.63, 3.8) is 0 Å². The Morgan fingerprint density at radius 1 is 1.19 bits per heavy atom. The first kappa shape index (κ1) is 23.0. The SMILES string of the molecule is CCCCNC(=O)c1ccc2c(c1)NC(=O)[C@@H](CS(=O)(=O)Cc1ccc(F)cc1Cl)N2. The van der Waals surface area contributed by atoms with Crippen LogP contribution in [0.1, 0.15) is 35.7 Å². The molecule has 0 saturated carbocycles. The third-order valence-electron chi connectivity index (χ3n) is 4.81. The molecular weight excluding hydrogens is 445 g/mol. The van der Waals surface area contributed by atoms with Crippen molar-refractivity contribution < 1.29 is 22.4 Å². The number of carbonyl (C=O) groups excluding carboxylic acids is 2. The van der Waals surface area contributed by atoms with Gasteiger partial charge in [-0.15, -0.1) is 0 Å². The Labute approximate surface area is 185 Å². The molecule has 0 saturated heterocycles. The van der Waals surface area contributed by atoms with E-state index in [0.29, 0.717) is 23.5 Å². The zero-order valence-corrected chi connectivity index (χ0v) is 18.4. The number of halogens is 2. The number of anilines is 2. The van der Waals surface area contributed by atoms with Crippen molar-refractivity contribution in [2.45, 2.75) is 31.6 Å². The number of fused-ring (bicyclic) bond motifs is 1. The van der Waals surface area contributed by atoms with Crippen LogP contribution in [0.5, 0.6) is 0 Å². The molecule has 1 heterocycles. The van der Waals surface area contributed by atoms with Gasteiger partial charge in [0.25, 0.3) is 5.91 Å². The van der Waals surface area contributed by atoms with Gasteiger partial charge >= 0.3 is 0 Å². The molecule has 0 bridgehead atoms. The Balaban J connectivity index is 1.69. The number of sulfone groups is 1. The number of hydrogen-bond acceptors (Lipinski definition) is 5. The van der Waals surface area contributed by atoms with Crippen LogP contribution in [-0.4, -0.2) is 38.6 Å². The molecule has 1 aliphatic rings. The fraction of sp³-hybridized carbons (Fsp3) is 0.333. The second-order valence-electron chi connectivity index (χ2n) is 7.35. The summed E-state index contributed by atoms with van der Waals surface area (Å²) in [6.45, 7) is 2.59. The second-order valence-corrected chi connectivity index (χ2v) is 9.86. The molecule has 1 atom stereocenters. The lowest BCUT2D eigenvalue weighted by Crippen LogP contribution is -2.43. The Bertz CT molecular complexity index is 1110. The lowest BCUT2D eigenvalue weighted by molar-refractivity contribution is -0.116. The van der Waals surface area contributed by atoms with Crippen LogP contribution >= 0.6 is 11.6 Å². The smallest absolute Gasteiger partial charge is 0.251 e. The zero-order valence-electron chi connectivity index (χ0n) is 16.9. The number of unbranched alkanes of at least 4 members (excludes halogenated alkanes) is 1. The van der Waals surface area contributed by atoms with Crippen LogP contribution in [0.3, 0.4) is 0 Å². The lowest BCUT2D eigenvalue weighted by atomic mass is 10.1. The molecule has 1 aliphatic heterocycles. The highest BCUT2D eigenvalue weighted by Crippen LogP contribution is 2.29. The molecule has 3 rings (SSSR count). The molecule has 0 radical (unpaired) electrons. The van der Waals surface area contributed by atoms with Crippen molar-refractivity contribution in [1.82, 2.24) is 5.32 Å². The van der Waals surface area contributed by atoms with Gasteiger partial charge in [0.05, 0.1) is 22.9 Å². The van der Waals surface area contributed by atoms with Crippen molar-refractivity contribution >= 4 is 44.6 Å². The van der Waals surface area contributed by atoms with Gasteiger partial charge in [0.2, 0.25) is 5.91 Å². The molecule has 166 valence electrons. The van der Waals surface area contributed by atoms with Crippen molar-refractivity contribution in [3.05, 3.63) is 58.4 Å². The maximum Gasteiger partial charge on any atom is 0.251 e. The molecule has 0 unspecified atom stereocenters. The van der Waals surface area contributed by atoms with Crippen LogP contribution in [0.15, 0.2) is 36.4 Å². The van der Waals surface area contributed by atoms with Crippen LogP contribution in [0.2, 0.25) is 5.02 Å². The molecule has 3 N–H and O–H groups in total. The van der Waals surface area contributed by atoms with Gasteiger partial charge in [-0.25, -0.2) is 12.8 Å². The highest BCUT2D eigenvalue weighted by molar-refractivity contribution is 7.90. The maximum absolute atomic E-state index is 13.2. The van der Waals surface area contributed by atoms with E-state index in [2.05, 4.69) is 16.0 Å². The lowest BCUT2D eigenvalue weighted by Gasteiger charge is -2.27. The minimum Gasteiger partial charge on any atom is -0.371 e. The number of rotatable bonds is 8. The average Bonchev–Trinajstić information content (AvgIpc) is 2.70. The standard InChI is InChI=1S/C21H23ClFN3O4S/c1-2-3-8-24-20(27)13-5-7-17-18(9-13)26-21(28)19(25-17)12-31(29,30)11-14-4-6-15(23)10-16(14)22/h4-7,9-10,19,25H,2-3,8,11-12H2,1H3,(H,24,27)(H,26,28)/t19-/m1/s1. The number of benzene rings is 2. The van der Waals surface area contributed by atoms with Gasteiger partial charge in [-0.05, 0) is 42.3 Å². The van der Waals surface area contributed by atoms with E-state index in [4.69, 9.17) is 11.6 Å². The van der Waals surface area contributed by atoms with E-state index in [1.54, 1.807) is 18.2 Å². The van der Waals surface area contributed by atoms with Crippen molar-refractivity contribution in [2.75, 3.05) is 22.9 Å². The Morgan fingerprint density at radius 2 is 1.97 bits per heavy atom. The summed E-state index contributed by atoms with van der Waals surface area (Å²) in [5.41, 5.74) is 1.58. The third kappa shape index (κ3) is 5.95. The summed E-state index contributed by atoms with van der Waals surface area (Å²) in [4.78, 5) is 24.7. The average molecular weight is 468 g/mol. The van der Waals surface area contributed by atoms with Crippen molar-refractivity contribution in [2.24, 2.45) is 0 Å². The molecule has 0 spiro atoms. The number of carbonyl (C=O) groups is 2. The predicted molar refractivity (Wildman–Crippen MR) is 119 cm³/mol. The van der Waals surface area contributed by atoms with Crippen molar-refractivity contribution in [3.8, 4) is 0 Å². The van der Waals surface area contributed by atoms with Gasteiger partial charge in [0, 0.05) is 17.1 Å². The first-order chi connectivity index (χ1) is 14.7. The van der Waals surface area contributed by atoms with Gasteiger partial charge in [0.1, 0.15) is 11.9 Å². The molecule has 2 aromatic carbocycles. The van der Waals surface area contributed by atoms with E-state index in [0.717, 1.165) is 25.0 Å². The summed E-state index contributed by atoms with van der Waals surface area (Å²) in [5, 5.41) is 8.39. The minimum atomic E-state index is -3.73. The van der Waals surface area contributed by atoms with E-state index in [9.17, 15) is 22.4 Å². The Morgan fingerprint density at radius 3 is 2.68 bits per heavy atom. The number of amides is 2. The molecule has 10 heteroatoms. The monoisotopic (exact) mass is 467 g/mol. The zero-order chi connectivity index (χ0) is 22.6. The first-order valence-electron chi connectivity index (χ1n) is 9.82. The van der Waals surface area contributed by atoms with Crippen molar-refractivity contribution in [1.29, 1.82) is 0 Å². The summed E-state index contributed by atoms with van der Waals surface area (Å²) in [6.07, 6.45) is 1.83. The summed E-state index contributed by atoms with van der Waals surface area (Å²) in [6, 6.07) is 7.25. The van der Waals surface area contributed by atoms with Crippen LogP contribution in [0.25, 0.3) is 0 Å². The summed E-state index contributed by atoms with van der Waals surface area (Å²) in [7, 11) is -3.73. The fourth-order valence-electron chi connectivity index (χ4n) is 3.17. The largest absolute Gasteiger partial charge is 0.371 e. The topological polar surface area (TPSA) is 104 Å². The summed E-state index contributed by atoms with van der Waals surface area (Å²) >= 11 is 5.92. The molecule has 0 fully saturated rings. The van der Waals surface area contributed by atoms with Crippen LogP contribution < -0.4 is 16.0 Å². The molecule has 0 aromatic heterocycles. The van der Waals surface area contributed by atoms with Crippen LogP contribution in [0.4, 0.5) is 15.8 Å². The molecule has 0 aliphatic carbocycles. The Hall–Kier alpha value is -2.65. The highest BCUT2D eigenvalue weighted by atomic mass is 35.5. The summed E-state index contributed by atoms with van der Waals surface area (Å²) < 4.78 is 38.4. The first-order valence-corrected chi connectivity index (χ1v) is 12.0. The van der Waals surface area contributed by atoms with Gasteiger partial charge in [0.15, 0.2) is 9.84 Å². The quantitative estimate of drug-likeness (QED) is 0.516. The second kappa shape index (κ2) is 9.65. The van der Waals surface area contributed by atoms with Gasteiger partial charge in [-0.2, -0.15) is 0 Å². The highest BCUT2D eigenvalue weighted by Gasteiger charge is 2.31. The van der Waals surface area contributed by atoms with E-state index >= 15 is 0 Å². The normalized spacial score (nSPS) is 15.6. The number of hydrogen-bond donors (Lipinski definition) is 3. The molecule has 2 amide bonds. The van der Waals surface area contributed by atoms with Gasteiger partial charge < -0.3 is 16.0 Å². The van der Waals surface area contributed by atoms with Crippen LogP contribution in [-0.2, 0) is 20.4 Å². The summed E-state index contributed by atoms with van der Waals surface area (Å²) in [5.74, 6) is -2.21.